The van der Waals surface area contributed by atoms with E-state index in [2.05, 4.69) is 5.32 Å². The van der Waals surface area contributed by atoms with E-state index in [0.29, 0.717) is 5.56 Å². The van der Waals surface area contributed by atoms with E-state index in [9.17, 15) is 32.9 Å². The van der Waals surface area contributed by atoms with E-state index in [-0.39, 0.29) is 34.8 Å². The molecule has 0 spiro atoms. The summed E-state index contributed by atoms with van der Waals surface area (Å²) in [6.07, 6.45) is -0.0601. The van der Waals surface area contributed by atoms with Crippen molar-refractivity contribution >= 4 is 15.7 Å². The third-order valence-corrected chi connectivity index (χ3v) is 5.35. The van der Waals surface area contributed by atoms with Crippen molar-refractivity contribution in [1.29, 1.82) is 0 Å². The number of benzene rings is 2. The standard InChI is InChI=1S/C19H22FNO6S/c1-28(26,27)14-6-4-13(5-7-14)19(25)15(11-20)21-18(24)9-3-12-2-8-16(22)17(23)10-12/h2,4-8,10,15,19,22-23,25H,3,9,11H2,1H3,(H,21,24). The Bertz CT molecular complexity index is 930. The number of aliphatic hydroxyl groups excluding tert-OH is 1. The van der Waals surface area contributed by atoms with E-state index in [1.807, 2.05) is 0 Å². The Kier molecular flexibility index (Phi) is 6.98. The molecule has 0 bridgehead atoms. The first-order valence-corrected chi connectivity index (χ1v) is 10.3. The number of alkyl halides is 1. The lowest BCUT2D eigenvalue weighted by molar-refractivity contribution is -0.122. The average molecular weight is 411 g/mol. The maximum Gasteiger partial charge on any atom is 0.220 e. The number of aliphatic hydroxyl groups is 1. The zero-order valence-corrected chi connectivity index (χ0v) is 16.0. The molecule has 0 aliphatic rings. The highest BCUT2D eigenvalue weighted by Crippen LogP contribution is 2.25. The molecule has 0 radical (unpaired) electrons. The van der Waals surface area contributed by atoms with E-state index in [4.69, 9.17) is 0 Å². The summed E-state index contributed by atoms with van der Waals surface area (Å²) in [4.78, 5) is 12.1. The fourth-order valence-electron chi connectivity index (χ4n) is 2.61. The molecule has 2 unspecified atom stereocenters. The van der Waals surface area contributed by atoms with Gasteiger partial charge in [0.15, 0.2) is 21.3 Å². The zero-order chi connectivity index (χ0) is 20.9. The highest BCUT2D eigenvalue weighted by Gasteiger charge is 2.23. The first-order chi connectivity index (χ1) is 13.1. The summed E-state index contributed by atoms with van der Waals surface area (Å²) in [6, 6.07) is 8.34. The molecule has 28 heavy (non-hydrogen) atoms. The fraction of sp³-hybridized carbons (Fsp3) is 0.316. The normalized spacial score (nSPS) is 13.7. The van der Waals surface area contributed by atoms with Gasteiger partial charge < -0.3 is 20.6 Å². The van der Waals surface area contributed by atoms with Crippen LogP contribution in [0.4, 0.5) is 4.39 Å². The number of carbonyl (C=O) groups excluding carboxylic acids is 1. The number of amides is 1. The number of aryl methyl sites for hydroxylation is 1. The van der Waals surface area contributed by atoms with Gasteiger partial charge in [-0.25, -0.2) is 12.8 Å². The molecule has 0 aliphatic heterocycles. The van der Waals surface area contributed by atoms with E-state index in [1.165, 1.54) is 36.4 Å². The number of rotatable bonds is 8. The molecule has 0 saturated heterocycles. The van der Waals surface area contributed by atoms with E-state index in [0.717, 1.165) is 6.26 Å². The molecular formula is C19H22FNO6S. The molecule has 4 N–H and O–H groups in total. The smallest absolute Gasteiger partial charge is 0.220 e. The number of carbonyl (C=O) groups is 1. The first-order valence-electron chi connectivity index (χ1n) is 8.46. The molecule has 152 valence electrons. The van der Waals surface area contributed by atoms with Gasteiger partial charge in [0, 0.05) is 12.7 Å². The minimum Gasteiger partial charge on any atom is -0.504 e. The lowest BCUT2D eigenvalue weighted by Crippen LogP contribution is -2.41. The molecule has 0 aromatic heterocycles. The van der Waals surface area contributed by atoms with Crippen molar-refractivity contribution in [3.05, 3.63) is 53.6 Å². The van der Waals surface area contributed by atoms with Gasteiger partial charge in [-0.3, -0.25) is 4.79 Å². The summed E-state index contributed by atoms with van der Waals surface area (Å²) in [5.74, 6) is -1.06. The number of hydrogen-bond acceptors (Lipinski definition) is 6. The number of sulfone groups is 1. The van der Waals surface area contributed by atoms with Crippen molar-refractivity contribution in [2.24, 2.45) is 0 Å². The maximum atomic E-state index is 13.4. The van der Waals surface area contributed by atoms with Crippen LogP contribution >= 0.6 is 0 Å². The zero-order valence-electron chi connectivity index (χ0n) is 15.2. The Morgan fingerprint density at radius 2 is 1.75 bits per heavy atom. The van der Waals surface area contributed by atoms with Crippen LogP contribution in [0.25, 0.3) is 0 Å². The number of phenols is 2. The Balaban J connectivity index is 1.98. The topological polar surface area (TPSA) is 124 Å². The maximum absolute atomic E-state index is 13.4. The highest BCUT2D eigenvalue weighted by atomic mass is 32.2. The van der Waals surface area contributed by atoms with Gasteiger partial charge >= 0.3 is 0 Å². The lowest BCUT2D eigenvalue weighted by atomic mass is 10.0. The Labute approximate surface area is 162 Å². The average Bonchev–Trinajstić information content (AvgIpc) is 2.66. The molecule has 0 fully saturated rings. The van der Waals surface area contributed by atoms with Gasteiger partial charge in [0.25, 0.3) is 0 Å². The molecule has 2 aromatic carbocycles. The first kappa shape index (κ1) is 21.6. The van der Waals surface area contributed by atoms with Crippen LogP contribution in [0.15, 0.2) is 47.4 Å². The summed E-state index contributed by atoms with van der Waals surface area (Å²) >= 11 is 0. The van der Waals surface area contributed by atoms with Crippen molar-refractivity contribution in [3.63, 3.8) is 0 Å². The molecule has 2 rings (SSSR count). The van der Waals surface area contributed by atoms with Crippen molar-refractivity contribution in [3.8, 4) is 11.5 Å². The molecule has 1 amide bonds. The van der Waals surface area contributed by atoms with Crippen molar-refractivity contribution in [2.75, 3.05) is 12.9 Å². The number of halogens is 1. The second kappa shape index (κ2) is 9.03. The summed E-state index contributed by atoms with van der Waals surface area (Å²) in [5, 5.41) is 31.4. The molecule has 2 atom stereocenters. The molecule has 9 heteroatoms. The van der Waals surface area contributed by atoms with E-state index in [1.54, 1.807) is 6.07 Å². The van der Waals surface area contributed by atoms with Crippen LogP contribution < -0.4 is 5.32 Å². The molecular weight excluding hydrogens is 389 g/mol. The van der Waals surface area contributed by atoms with Crippen LogP contribution in [0.2, 0.25) is 0 Å². The number of aromatic hydroxyl groups is 2. The van der Waals surface area contributed by atoms with Gasteiger partial charge in [0.1, 0.15) is 12.8 Å². The second-order valence-electron chi connectivity index (χ2n) is 6.44. The predicted octanol–water partition coefficient (Wildman–Crippen LogP) is 1.62. The second-order valence-corrected chi connectivity index (χ2v) is 8.45. The van der Waals surface area contributed by atoms with Crippen LogP contribution in [0.5, 0.6) is 11.5 Å². The molecule has 0 aliphatic carbocycles. The SMILES string of the molecule is CS(=O)(=O)c1ccc(C(O)C(CF)NC(=O)CCc2ccc(O)c(O)c2)cc1. The van der Waals surface area contributed by atoms with Crippen LogP contribution in [0.3, 0.4) is 0 Å². The van der Waals surface area contributed by atoms with E-state index >= 15 is 0 Å². The molecule has 7 nitrogen and oxygen atoms in total. The van der Waals surface area contributed by atoms with Gasteiger partial charge in [-0.05, 0) is 41.8 Å². The van der Waals surface area contributed by atoms with Crippen LogP contribution in [0, 0.1) is 0 Å². The summed E-state index contributed by atoms with van der Waals surface area (Å²) in [5.41, 5.74) is 0.887. The quantitative estimate of drug-likeness (QED) is 0.490. The van der Waals surface area contributed by atoms with Gasteiger partial charge in [-0.1, -0.05) is 18.2 Å². The monoisotopic (exact) mass is 411 g/mol. The fourth-order valence-corrected chi connectivity index (χ4v) is 3.24. The third-order valence-electron chi connectivity index (χ3n) is 4.22. The van der Waals surface area contributed by atoms with Crippen molar-refractivity contribution in [1.82, 2.24) is 5.32 Å². The summed E-state index contributed by atoms with van der Waals surface area (Å²) in [7, 11) is -3.39. The van der Waals surface area contributed by atoms with Crippen molar-refractivity contribution in [2.45, 2.75) is 29.9 Å². The highest BCUT2D eigenvalue weighted by molar-refractivity contribution is 7.90. The number of phenolic OH excluding ortho intramolecular Hbond substituents is 2. The predicted molar refractivity (Wildman–Crippen MR) is 101 cm³/mol. The summed E-state index contributed by atoms with van der Waals surface area (Å²) in [6.45, 7) is -1.01. The van der Waals surface area contributed by atoms with E-state index < -0.39 is 34.6 Å². The van der Waals surface area contributed by atoms with Crippen LogP contribution in [-0.4, -0.2) is 48.6 Å². The minimum absolute atomic E-state index is 0.0134. The van der Waals surface area contributed by atoms with Crippen molar-refractivity contribution < 1.29 is 32.9 Å². The largest absolute Gasteiger partial charge is 0.504 e. The number of nitrogens with one attached hydrogen (secondary N) is 1. The van der Waals surface area contributed by atoms with Gasteiger partial charge in [-0.15, -0.1) is 0 Å². The molecule has 0 saturated carbocycles. The van der Waals surface area contributed by atoms with Gasteiger partial charge in [0.2, 0.25) is 5.91 Å². The van der Waals surface area contributed by atoms with Crippen LogP contribution in [0.1, 0.15) is 23.7 Å². The molecule has 0 heterocycles. The Morgan fingerprint density at radius 1 is 1.11 bits per heavy atom. The summed E-state index contributed by atoms with van der Waals surface area (Å²) < 4.78 is 36.3. The number of hydrogen-bond donors (Lipinski definition) is 4. The third kappa shape index (κ3) is 5.67. The lowest BCUT2D eigenvalue weighted by Gasteiger charge is -2.22. The van der Waals surface area contributed by atoms with Gasteiger partial charge in [-0.2, -0.15) is 0 Å². The Morgan fingerprint density at radius 3 is 2.29 bits per heavy atom. The van der Waals surface area contributed by atoms with Gasteiger partial charge in [0.05, 0.1) is 10.9 Å². The molecule has 2 aromatic rings. The Hall–Kier alpha value is -2.65. The minimum atomic E-state index is -3.39. The van der Waals surface area contributed by atoms with Crippen LogP contribution in [-0.2, 0) is 21.1 Å².